The Morgan fingerprint density at radius 3 is 2.57 bits per heavy atom. The van der Waals surface area contributed by atoms with Gasteiger partial charge in [-0.15, -0.1) is 10.2 Å². The number of pyridine rings is 1. The van der Waals surface area contributed by atoms with Gasteiger partial charge in [0.05, 0.1) is 17.4 Å². The van der Waals surface area contributed by atoms with Gasteiger partial charge in [0.1, 0.15) is 11.6 Å². The summed E-state index contributed by atoms with van der Waals surface area (Å²) in [7, 11) is 0. The number of nitrogens with zero attached hydrogens (tertiary/aromatic N) is 8. The van der Waals surface area contributed by atoms with Crippen LogP contribution in [0.3, 0.4) is 0 Å². The van der Waals surface area contributed by atoms with E-state index in [1.807, 2.05) is 29.6 Å². The lowest BCUT2D eigenvalue weighted by Crippen LogP contribution is -2.34. The zero-order chi connectivity index (χ0) is 20.9. The van der Waals surface area contributed by atoms with Gasteiger partial charge in [-0.05, 0) is 38.0 Å². The number of piperidine rings is 1. The molecule has 0 unspecified atom stereocenters. The molecule has 5 rings (SSSR count). The molecule has 0 spiro atoms. The first-order valence-corrected chi connectivity index (χ1v) is 10.5. The van der Waals surface area contributed by atoms with Gasteiger partial charge in [0.25, 0.3) is 0 Å². The predicted octanol–water partition coefficient (Wildman–Crippen LogP) is 3.45. The summed E-state index contributed by atoms with van der Waals surface area (Å²) in [6, 6.07) is 6.07. The third-order valence-electron chi connectivity index (χ3n) is 5.81. The van der Waals surface area contributed by atoms with Gasteiger partial charge in [-0.3, -0.25) is 4.98 Å². The van der Waals surface area contributed by atoms with Crippen LogP contribution in [0, 0.1) is 6.92 Å². The second-order valence-electron chi connectivity index (χ2n) is 9.05. The highest BCUT2D eigenvalue weighted by atomic mass is 15.4. The molecule has 0 bridgehead atoms. The van der Waals surface area contributed by atoms with Crippen LogP contribution >= 0.6 is 0 Å². The van der Waals surface area contributed by atoms with Crippen LogP contribution < -0.4 is 4.90 Å². The van der Waals surface area contributed by atoms with E-state index in [0.29, 0.717) is 5.92 Å². The molecule has 0 amide bonds. The van der Waals surface area contributed by atoms with Gasteiger partial charge in [0.15, 0.2) is 11.5 Å². The van der Waals surface area contributed by atoms with Crippen LogP contribution in [0.15, 0.2) is 30.6 Å². The Balaban J connectivity index is 1.42. The van der Waals surface area contributed by atoms with Crippen LogP contribution in [-0.2, 0) is 5.41 Å². The van der Waals surface area contributed by atoms with Crippen LogP contribution in [0.25, 0.3) is 16.6 Å². The second kappa shape index (κ2) is 6.97. The van der Waals surface area contributed by atoms with E-state index < -0.39 is 0 Å². The fourth-order valence-electron chi connectivity index (χ4n) is 4.13. The maximum absolute atomic E-state index is 4.86. The van der Waals surface area contributed by atoms with Crippen molar-refractivity contribution in [3.8, 4) is 0 Å². The first-order valence-electron chi connectivity index (χ1n) is 10.5. The minimum Gasteiger partial charge on any atom is -0.356 e. The minimum absolute atomic E-state index is 0.0140. The minimum atomic E-state index is -0.0140. The zero-order valence-corrected chi connectivity index (χ0v) is 17.9. The summed E-state index contributed by atoms with van der Waals surface area (Å²) >= 11 is 0. The highest BCUT2D eigenvalue weighted by Crippen LogP contribution is 2.32. The van der Waals surface area contributed by atoms with Gasteiger partial charge in [-0.2, -0.15) is 9.61 Å². The molecule has 8 heteroatoms. The Bertz CT molecular complexity index is 1210. The summed E-state index contributed by atoms with van der Waals surface area (Å²) in [5, 5.41) is 14.8. The molecule has 0 radical (unpaired) electrons. The van der Waals surface area contributed by atoms with Gasteiger partial charge >= 0.3 is 0 Å². The second-order valence-corrected chi connectivity index (χ2v) is 9.05. The van der Waals surface area contributed by atoms with Gasteiger partial charge in [-0.1, -0.05) is 20.8 Å². The Morgan fingerprint density at radius 1 is 1.00 bits per heavy atom. The van der Waals surface area contributed by atoms with Crippen LogP contribution in [0.1, 0.15) is 56.9 Å². The molecule has 1 saturated heterocycles. The summed E-state index contributed by atoms with van der Waals surface area (Å²) < 4.78 is 1.94. The summed E-state index contributed by atoms with van der Waals surface area (Å²) in [5.74, 6) is 3.06. The molecule has 8 nitrogen and oxygen atoms in total. The fourth-order valence-corrected chi connectivity index (χ4v) is 4.13. The van der Waals surface area contributed by atoms with E-state index in [9.17, 15) is 0 Å². The number of aryl methyl sites for hydroxylation is 1. The molecular formula is C22H26N8. The van der Waals surface area contributed by atoms with E-state index in [-0.39, 0.29) is 5.41 Å². The maximum atomic E-state index is 4.86. The molecule has 30 heavy (non-hydrogen) atoms. The van der Waals surface area contributed by atoms with E-state index in [1.165, 1.54) is 0 Å². The summed E-state index contributed by atoms with van der Waals surface area (Å²) in [6.07, 6.45) is 5.58. The Labute approximate surface area is 175 Å². The van der Waals surface area contributed by atoms with E-state index >= 15 is 0 Å². The van der Waals surface area contributed by atoms with E-state index in [4.69, 9.17) is 10.1 Å². The summed E-state index contributed by atoms with van der Waals surface area (Å²) in [4.78, 5) is 15.8. The molecule has 1 aliphatic heterocycles. The van der Waals surface area contributed by atoms with Gasteiger partial charge in [0.2, 0.25) is 0 Å². The van der Waals surface area contributed by atoms with Crippen LogP contribution in [0.2, 0.25) is 0 Å². The highest BCUT2D eigenvalue weighted by Gasteiger charge is 2.27. The van der Waals surface area contributed by atoms with Crippen molar-refractivity contribution >= 4 is 22.4 Å². The average Bonchev–Trinajstić information content (AvgIpc) is 3.16. The van der Waals surface area contributed by atoms with Crippen molar-refractivity contribution in [3.05, 3.63) is 47.9 Å². The Morgan fingerprint density at radius 2 is 1.80 bits per heavy atom. The molecule has 0 N–H and O–H groups in total. The Kier molecular flexibility index (Phi) is 4.38. The van der Waals surface area contributed by atoms with Gasteiger partial charge in [-0.25, -0.2) is 9.97 Å². The van der Waals surface area contributed by atoms with Crippen LogP contribution in [-0.4, -0.2) is 47.9 Å². The largest absolute Gasteiger partial charge is 0.356 e. The van der Waals surface area contributed by atoms with Gasteiger partial charge in [0, 0.05) is 36.0 Å². The van der Waals surface area contributed by atoms with Crippen molar-refractivity contribution in [1.82, 2.24) is 34.8 Å². The lowest BCUT2D eigenvalue weighted by molar-refractivity contribution is 0.471. The molecule has 0 atom stereocenters. The number of fused-ring (bicyclic) bond motifs is 2. The number of rotatable bonds is 2. The normalized spacial score (nSPS) is 15.9. The summed E-state index contributed by atoms with van der Waals surface area (Å²) in [5.41, 5.74) is 2.74. The summed E-state index contributed by atoms with van der Waals surface area (Å²) in [6.45, 7) is 10.3. The van der Waals surface area contributed by atoms with E-state index in [2.05, 4.69) is 45.8 Å². The van der Waals surface area contributed by atoms with E-state index in [0.717, 1.165) is 65.6 Å². The fraction of sp³-hybridized carbons (Fsp3) is 0.455. The third kappa shape index (κ3) is 3.26. The molecular weight excluding hydrogens is 376 g/mol. The number of aromatic nitrogens is 7. The lowest BCUT2D eigenvalue weighted by atomic mass is 9.92. The van der Waals surface area contributed by atoms with Crippen molar-refractivity contribution in [2.45, 2.75) is 51.9 Å². The van der Waals surface area contributed by atoms with Crippen molar-refractivity contribution in [2.24, 2.45) is 0 Å². The Hall–Kier alpha value is -3.16. The zero-order valence-electron chi connectivity index (χ0n) is 17.9. The average molecular weight is 403 g/mol. The van der Waals surface area contributed by atoms with Gasteiger partial charge < -0.3 is 4.90 Å². The molecule has 1 aliphatic rings. The molecule has 5 heterocycles. The molecule has 0 aromatic carbocycles. The molecule has 154 valence electrons. The molecule has 1 fully saturated rings. The van der Waals surface area contributed by atoms with Crippen molar-refractivity contribution in [3.63, 3.8) is 0 Å². The first kappa shape index (κ1) is 18.8. The standard InChI is InChI=1S/C22H26N8/c1-14-24-17-13-23-10-7-16(17)21(25-14)29-11-8-15(9-12-29)20-27-26-19-6-5-18(22(2,3)4)28-30(19)20/h5-7,10,13,15H,8-9,11-12H2,1-4H3. The highest BCUT2D eigenvalue weighted by molar-refractivity contribution is 5.88. The van der Waals surface area contributed by atoms with E-state index in [1.54, 1.807) is 12.4 Å². The number of hydrogen-bond donors (Lipinski definition) is 0. The van der Waals surface area contributed by atoms with Crippen molar-refractivity contribution in [2.75, 3.05) is 18.0 Å². The first-order chi connectivity index (χ1) is 14.4. The van der Waals surface area contributed by atoms with Crippen molar-refractivity contribution < 1.29 is 0 Å². The van der Waals surface area contributed by atoms with Crippen molar-refractivity contribution in [1.29, 1.82) is 0 Å². The number of anilines is 1. The molecule has 4 aromatic rings. The quantitative estimate of drug-likeness (QED) is 0.508. The van der Waals surface area contributed by atoms with Crippen LogP contribution in [0.4, 0.5) is 5.82 Å². The topological polar surface area (TPSA) is 85.0 Å². The third-order valence-corrected chi connectivity index (χ3v) is 5.81. The molecule has 0 saturated carbocycles. The number of hydrogen-bond acceptors (Lipinski definition) is 7. The lowest BCUT2D eigenvalue weighted by Gasteiger charge is -2.32. The van der Waals surface area contributed by atoms with Crippen LogP contribution in [0.5, 0.6) is 0 Å². The SMILES string of the molecule is Cc1nc(N2CCC(c3nnc4ccc(C(C)(C)C)nn34)CC2)c2ccncc2n1. The molecule has 4 aromatic heterocycles. The molecule has 0 aliphatic carbocycles. The maximum Gasteiger partial charge on any atom is 0.177 e. The predicted molar refractivity (Wildman–Crippen MR) is 116 cm³/mol. The monoisotopic (exact) mass is 402 g/mol. The smallest absolute Gasteiger partial charge is 0.177 e.